The smallest absolute Gasteiger partial charge is 0.274 e. The van der Waals surface area contributed by atoms with E-state index in [0.29, 0.717) is 31.7 Å². The number of carbonyl (C=O) groups is 1. The molecule has 0 radical (unpaired) electrons. The summed E-state index contributed by atoms with van der Waals surface area (Å²) in [6.45, 7) is 5.78. The van der Waals surface area contributed by atoms with E-state index < -0.39 is 10.0 Å². The largest absolute Gasteiger partial charge is 0.336 e. The van der Waals surface area contributed by atoms with Crippen molar-refractivity contribution in [2.75, 3.05) is 25.4 Å². The standard InChI is InChI=1S/C15H24N4O3S/c1-12(2)18-10-14(16-11-18)15(20)17-6-3-5-13(9-17)19-7-4-8-23(19,21)22/h10-13H,3-9H2,1-2H3/t13-/m1/s1. The van der Waals surface area contributed by atoms with E-state index in [0.717, 1.165) is 12.8 Å². The molecule has 0 saturated carbocycles. The summed E-state index contributed by atoms with van der Waals surface area (Å²) in [5, 5.41) is 0. The van der Waals surface area contributed by atoms with E-state index in [4.69, 9.17) is 0 Å². The summed E-state index contributed by atoms with van der Waals surface area (Å²) in [7, 11) is -3.13. The van der Waals surface area contributed by atoms with Crippen LogP contribution in [0.25, 0.3) is 0 Å². The molecule has 2 aliphatic rings. The highest BCUT2D eigenvalue weighted by Crippen LogP contribution is 2.24. The fraction of sp³-hybridized carbons (Fsp3) is 0.733. The van der Waals surface area contributed by atoms with Gasteiger partial charge in [-0.2, -0.15) is 4.31 Å². The molecule has 2 saturated heterocycles. The highest BCUT2D eigenvalue weighted by Gasteiger charge is 2.37. The third-order valence-corrected chi connectivity index (χ3v) is 6.65. The number of rotatable bonds is 3. The lowest BCUT2D eigenvalue weighted by molar-refractivity contribution is 0.0653. The molecule has 2 aliphatic heterocycles. The van der Waals surface area contributed by atoms with Gasteiger partial charge < -0.3 is 9.47 Å². The highest BCUT2D eigenvalue weighted by atomic mass is 32.2. The monoisotopic (exact) mass is 340 g/mol. The van der Waals surface area contributed by atoms with Crippen molar-refractivity contribution in [3.05, 3.63) is 18.2 Å². The Morgan fingerprint density at radius 1 is 1.30 bits per heavy atom. The Morgan fingerprint density at radius 3 is 2.70 bits per heavy atom. The first-order chi connectivity index (χ1) is 10.9. The second-order valence-electron chi connectivity index (χ2n) is 6.63. The molecule has 3 rings (SSSR count). The summed E-state index contributed by atoms with van der Waals surface area (Å²) in [6, 6.07) is 0.167. The second kappa shape index (κ2) is 6.24. The van der Waals surface area contributed by atoms with Gasteiger partial charge in [-0.1, -0.05) is 0 Å². The highest BCUT2D eigenvalue weighted by molar-refractivity contribution is 7.89. The zero-order valence-electron chi connectivity index (χ0n) is 13.7. The maximum absolute atomic E-state index is 12.6. The third-order valence-electron chi connectivity index (χ3n) is 4.65. The second-order valence-corrected chi connectivity index (χ2v) is 8.67. The first-order valence-electron chi connectivity index (χ1n) is 8.21. The minimum atomic E-state index is -3.13. The third kappa shape index (κ3) is 3.28. The van der Waals surface area contributed by atoms with Crippen molar-refractivity contribution in [2.45, 2.75) is 45.2 Å². The van der Waals surface area contributed by atoms with Crippen LogP contribution in [0.3, 0.4) is 0 Å². The van der Waals surface area contributed by atoms with Crippen LogP contribution in [0.4, 0.5) is 0 Å². The van der Waals surface area contributed by atoms with E-state index in [1.165, 1.54) is 0 Å². The van der Waals surface area contributed by atoms with Crippen LogP contribution >= 0.6 is 0 Å². The zero-order valence-corrected chi connectivity index (χ0v) is 14.5. The molecule has 3 heterocycles. The number of likely N-dealkylation sites (tertiary alicyclic amines) is 1. The Kier molecular flexibility index (Phi) is 4.46. The lowest BCUT2D eigenvalue weighted by Gasteiger charge is -2.36. The molecule has 0 unspecified atom stereocenters. The lowest BCUT2D eigenvalue weighted by Crippen LogP contribution is -2.50. The van der Waals surface area contributed by atoms with E-state index in [9.17, 15) is 13.2 Å². The first-order valence-corrected chi connectivity index (χ1v) is 9.81. The summed E-state index contributed by atoms with van der Waals surface area (Å²) in [5.74, 6) is 0.127. The fourth-order valence-electron chi connectivity index (χ4n) is 3.33. The Balaban J connectivity index is 1.71. The molecule has 1 amide bonds. The number of aromatic nitrogens is 2. The van der Waals surface area contributed by atoms with E-state index in [1.807, 2.05) is 18.4 Å². The molecule has 0 aromatic carbocycles. The van der Waals surface area contributed by atoms with Gasteiger partial charge >= 0.3 is 0 Å². The number of sulfonamides is 1. The van der Waals surface area contributed by atoms with Gasteiger partial charge in [-0.25, -0.2) is 13.4 Å². The van der Waals surface area contributed by atoms with E-state index in [-0.39, 0.29) is 23.7 Å². The molecular formula is C15H24N4O3S. The maximum Gasteiger partial charge on any atom is 0.274 e. The van der Waals surface area contributed by atoms with Crippen LogP contribution < -0.4 is 0 Å². The number of piperidine rings is 1. The fourth-order valence-corrected chi connectivity index (χ4v) is 5.10. The van der Waals surface area contributed by atoms with Gasteiger partial charge in [0.05, 0.1) is 12.1 Å². The molecule has 8 heteroatoms. The first kappa shape index (κ1) is 16.4. The Bertz CT molecular complexity index is 683. The predicted molar refractivity (Wildman–Crippen MR) is 86.6 cm³/mol. The number of amides is 1. The van der Waals surface area contributed by atoms with E-state index in [2.05, 4.69) is 4.98 Å². The molecule has 0 bridgehead atoms. The van der Waals surface area contributed by atoms with Crippen molar-refractivity contribution < 1.29 is 13.2 Å². The number of imidazole rings is 1. The zero-order chi connectivity index (χ0) is 16.6. The van der Waals surface area contributed by atoms with Gasteiger partial charge in [-0.15, -0.1) is 0 Å². The molecule has 1 aromatic rings. The molecule has 2 fully saturated rings. The van der Waals surface area contributed by atoms with Gasteiger partial charge in [-0.05, 0) is 33.1 Å². The summed E-state index contributed by atoms with van der Waals surface area (Å²) >= 11 is 0. The van der Waals surface area contributed by atoms with Crippen molar-refractivity contribution in [3.63, 3.8) is 0 Å². The van der Waals surface area contributed by atoms with E-state index in [1.54, 1.807) is 21.7 Å². The molecule has 0 spiro atoms. The Morgan fingerprint density at radius 2 is 2.09 bits per heavy atom. The van der Waals surface area contributed by atoms with Crippen LogP contribution in [-0.4, -0.2) is 64.5 Å². The van der Waals surface area contributed by atoms with Crippen molar-refractivity contribution in [3.8, 4) is 0 Å². The molecule has 0 aliphatic carbocycles. The normalized spacial score (nSPS) is 25.2. The van der Waals surface area contributed by atoms with Gasteiger partial charge in [0.15, 0.2) is 0 Å². The molecule has 1 aromatic heterocycles. The van der Waals surface area contributed by atoms with Crippen LogP contribution in [-0.2, 0) is 10.0 Å². The summed E-state index contributed by atoms with van der Waals surface area (Å²) in [6.07, 6.45) is 5.77. The van der Waals surface area contributed by atoms with Gasteiger partial charge in [-0.3, -0.25) is 4.79 Å². The van der Waals surface area contributed by atoms with Crippen LogP contribution in [0.2, 0.25) is 0 Å². The SMILES string of the molecule is CC(C)n1cnc(C(=O)N2CCC[C@@H](N3CCCS3(=O)=O)C2)c1. The summed E-state index contributed by atoms with van der Waals surface area (Å²) in [5.41, 5.74) is 0.434. The molecular weight excluding hydrogens is 316 g/mol. The minimum absolute atomic E-state index is 0.0904. The van der Waals surface area contributed by atoms with Gasteiger partial charge in [0.25, 0.3) is 5.91 Å². The number of nitrogens with zero attached hydrogens (tertiary/aromatic N) is 4. The molecule has 23 heavy (non-hydrogen) atoms. The topological polar surface area (TPSA) is 75.5 Å². The Hall–Kier alpha value is -1.41. The van der Waals surface area contributed by atoms with Crippen molar-refractivity contribution in [1.29, 1.82) is 0 Å². The molecule has 1 atom stereocenters. The van der Waals surface area contributed by atoms with Crippen LogP contribution in [0, 0.1) is 0 Å². The van der Waals surface area contributed by atoms with Crippen LogP contribution in [0.5, 0.6) is 0 Å². The Labute approximate surface area is 137 Å². The molecule has 0 N–H and O–H groups in total. The summed E-state index contributed by atoms with van der Waals surface area (Å²) < 4.78 is 27.7. The molecule has 7 nitrogen and oxygen atoms in total. The van der Waals surface area contributed by atoms with Gasteiger partial charge in [0.2, 0.25) is 10.0 Å². The lowest BCUT2D eigenvalue weighted by atomic mass is 10.1. The average Bonchev–Trinajstić information content (AvgIpc) is 3.13. The van der Waals surface area contributed by atoms with Crippen molar-refractivity contribution in [1.82, 2.24) is 18.8 Å². The van der Waals surface area contributed by atoms with Gasteiger partial charge in [0.1, 0.15) is 5.69 Å². The minimum Gasteiger partial charge on any atom is -0.336 e. The summed E-state index contributed by atoms with van der Waals surface area (Å²) in [4.78, 5) is 18.6. The van der Waals surface area contributed by atoms with Crippen LogP contribution in [0.15, 0.2) is 12.5 Å². The van der Waals surface area contributed by atoms with Crippen molar-refractivity contribution in [2.24, 2.45) is 0 Å². The number of hydrogen-bond acceptors (Lipinski definition) is 4. The van der Waals surface area contributed by atoms with Crippen LogP contribution in [0.1, 0.15) is 49.6 Å². The number of hydrogen-bond donors (Lipinski definition) is 0. The van der Waals surface area contributed by atoms with Crippen molar-refractivity contribution >= 4 is 15.9 Å². The average molecular weight is 340 g/mol. The number of carbonyl (C=O) groups excluding carboxylic acids is 1. The molecule has 128 valence electrons. The quantitative estimate of drug-likeness (QED) is 0.826. The van der Waals surface area contributed by atoms with Gasteiger partial charge in [0, 0.05) is 37.9 Å². The predicted octanol–water partition coefficient (Wildman–Crippen LogP) is 1.10. The van der Waals surface area contributed by atoms with E-state index >= 15 is 0 Å². The maximum atomic E-state index is 12.6.